The lowest BCUT2D eigenvalue weighted by Gasteiger charge is -2.59. The number of carbonyl (C=O) groups excluding carboxylic acids is 1. The van der Waals surface area contributed by atoms with Crippen LogP contribution in [0.2, 0.25) is 0 Å². The Morgan fingerprint density at radius 1 is 1.06 bits per heavy atom. The molecular weight excluding hydrogens is 424 g/mol. The van der Waals surface area contributed by atoms with Crippen LogP contribution < -0.4 is 0 Å². The molecule has 1 aromatic carbocycles. The predicted molar refractivity (Wildman–Crippen MR) is 138 cm³/mol. The zero-order chi connectivity index (χ0) is 25.5. The molecule has 1 saturated carbocycles. The lowest BCUT2D eigenvalue weighted by Crippen LogP contribution is -2.52. The van der Waals surface area contributed by atoms with E-state index in [1.54, 1.807) is 0 Å². The Kier molecular flexibility index (Phi) is 7.51. The van der Waals surface area contributed by atoms with Gasteiger partial charge in [0.05, 0.1) is 5.41 Å². The molecule has 4 heteroatoms. The summed E-state index contributed by atoms with van der Waals surface area (Å²) in [5.74, 6) is 0.747. The van der Waals surface area contributed by atoms with E-state index in [1.807, 2.05) is 32.9 Å². The Hall–Kier alpha value is -1.97. The minimum absolute atomic E-state index is 0.0268. The molecule has 1 fully saturated rings. The number of hydrogen-bond donors (Lipinski definition) is 2. The van der Waals surface area contributed by atoms with Crippen LogP contribution in [0.5, 0.6) is 11.5 Å². The number of phenolic OH excluding ortho intramolecular Hbond substituents is 2. The summed E-state index contributed by atoms with van der Waals surface area (Å²) in [4.78, 5) is 12.4. The van der Waals surface area contributed by atoms with Crippen molar-refractivity contribution >= 4 is 5.97 Å². The molecule has 0 heterocycles. The number of ether oxygens (including phenoxy) is 1. The van der Waals surface area contributed by atoms with Crippen LogP contribution in [0.3, 0.4) is 0 Å². The van der Waals surface area contributed by atoms with E-state index in [4.69, 9.17) is 4.74 Å². The molecule has 0 aliphatic heterocycles. The van der Waals surface area contributed by atoms with Crippen molar-refractivity contribution in [2.45, 2.75) is 105 Å². The molecule has 3 aliphatic carbocycles. The third kappa shape index (κ3) is 5.16. The predicted octanol–water partition coefficient (Wildman–Crippen LogP) is 7.62. The number of allylic oxidation sites excluding steroid dienone is 1. The summed E-state index contributed by atoms with van der Waals surface area (Å²) >= 11 is 0. The zero-order valence-corrected chi connectivity index (χ0v) is 22.6. The fourth-order valence-corrected chi connectivity index (χ4v) is 5.95. The van der Waals surface area contributed by atoms with E-state index in [2.05, 4.69) is 40.7 Å². The Labute approximate surface area is 206 Å². The average molecular weight is 471 g/mol. The lowest BCUT2D eigenvalue weighted by atomic mass is 9.45. The van der Waals surface area contributed by atoms with Gasteiger partial charge >= 0.3 is 5.97 Å². The van der Waals surface area contributed by atoms with Crippen LogP contribution in [0.4, 0.5) is 0 Å². The summed E-state index contributed by atoms with van der Waals surface area (Å²) < 4.78 is 5.67. The molecule has 1 aromatic rings. The van der Waals surface area contributed by atoms with Crippen molar-refractivity contribution in [3.8, 4) is 11.5 Å². The van der Waals surface area contributed by atoms with Gasteiger partial charge in [-0.1, -0.05) is 66.4 Å². The summed E-state index contributed by atoms with van der Waals surface area (Å²) in [5.41, 5.74) is 2.07. The number of phenols is 2. The summed E-state index contributed by atoms with van der Waals surface area (Å²) in [6, 6.07) is 3.72. The van der Waals surface area contributed by atoms with Crippen molar-refractivity contribution in [3.05, 3.63) is 34.9 Å². The van der Waals surface area contributed by atoms with E-state index in [0.29, 0.717) is 17.4 Å². The fourth-order valence-electron chi connectivity index (χ4n) is 5.95. The van der Waals surface area contributed by atoms with Gasteiger partial charge < -0.3 is 14.9 Å². The summed E-state index contributed by atoms with van der Waals surface area (Å²) in [7, 11) is 0. The highest BCUT2D eigenvalue weighted by atomic mass is 16.5. The summed E-state index contributed by atoms with van der Waals surface area (Å²) in [6.45, 7) is 16.9. The molecule has 3 atom stereocenters. The smallest absolute Gasteiger partial charge is 0.311 e. The van der Waals surface area contributed by atoms with Gasteiger partial charge in [0, 0.05) is 11.5 Å². The second kappa shape index (κ2) is 9.59. The number of hydrogen-bond acceptors (Lipinski definition) is 4. The maximum absolute atomic E-state index is 12.4. The zero-order valence-electron chi connectivity index (χ0n) is 22.6. The van der Waals surface area contributed by atoms with Crippen molar-refractivity contribution in [2.75, 3.05) is 6.61 Å². The van der Waals surface area contributed by atoms with Gasteiger partial charge in [0.1, 0.15) is 18.1 Å². The number of unbranched alkanes of at least 4 members (excludes halogenated alkanes) is 3. The van der Waals surface area contributed by atoms with E-state index in [0.717, 1.165) is 30.4 Å². The van der Waals surface area contributed by atoms with Crippen LogP contribution in [0.15, 0.2) is 23.8 Å². The fraction of sp³-hybridized carbons (Fsp3) is 0.700. The molecule has 34 heavy (non-hydrogen) atoms. The van der Waals surface area contributed by atoms with Crippen LogP contribution in [-0.2, 0) is 14.9 Å². The Balaban J connectivity index is 1.87. The monoisotopic (exact) mass is 470 g/mol. The quantitative estimate of drug-likeness (QED) is 0.221. The molecule has 2 bridgehead atoms. The molecule has 0 unspecified atom stereocenters. The highest BCUT2D eigenvalue weighted by molar-refractivity contribution is 5.75. The molecule has 0 saturated heterocycles. The van der Waals surface area contributed by atoms with Gasteiger partial charge in [-0.15, -0.1) is 0 Å². The maximum atomic E-state index is 12.4. The molecule has 190 valence electrons. The second-order valence-corrected chi connectivity index (χ2v) is 12.9. The highest BCUT2D eigenvalue weighted by Gasteiger charge is 2.56. The third-order valence-corrected chi connectivity index (χ3v) is 8.51. The number of rotatable bonds is 9. The van der Waals surface area contributed by atoms with E-state index < -0.39 is 5.41 Å². The molecule has 2 N–H and O–H groups in total. The van der Waals surface area contributed by atoms with Gasteiger partial charge in [0.15, 0.2) is 0 Å². The normalized spacial score (nSPS) is 23.8. The van der Waals surface area contributed by atoms with E-state index >= 15 is 0 Å². The van der Waals surface area contributed by atoms with Gasteiger partial charge in [0.2, 0.25) is 0 Å². The number of fused-ring (bicyclic) bond motifs is 1. The first-order valence-corrected chi connectivity index (χ1v) is 13.1. The lowest BCUT2D eigenvalue weighted by molar-refractivity contribution is -0.152. The third-order valence-electron chi connectivity index (χ3n) is 8.51. The molecule has 3 aliphatic rings. The average Bonchev–Trinajstić information content (AvgIpc) is 2.73. The van der Waals surface area contributed by atoms with E-state index in [1.165, 1.54) is 19.3 Å². The molecule has 4 nitrogen and oxygen atoms in total. The van der Waals surface area contributed by atoms with Crippen LogP contribution >= 0.6 is 0 Å². The molecular formula is C30H46O4. The first-order valence-electron chi connectivity index (χ1n) is 13.1. The van der Waals surface area contributed by atoms with Gasteiger partial charge in [-0.05, 0) is 79.5 Å². The number of benzene rings is 1. The molecule has 4 rings (SSSR count). The van der Waals surface area contributed by atoms with E-state index in [9.17, 15) is 15.0 Å². The Morgan fingerprint density at radius 3 is 2.21 bits per heavy atom. The largest absolute Gasteiger partial charge is 0.507 e. The first-order chi connectivity index (χ1) is 15.7. The number of esters is 1. The van der Waals surface area contributed by atoms with Gasteiger partial charge in [0.25, 0.3) is 0 Å². The summed E-state index contributed by atoms with van der Waals surface area (Å²) in [5, 5.41) is 22.3. The van der Waals surface area contributed by atoms with Crippen LogP contribution in [0.1, 0.15) is 111 Å². The SMILES string of the molecule is CCCCCCC(C)(C)c1cc(O)c([C@@H]2C=C(COC(=O)C(C)(C)C)[C@@H]3C[C@H]2C3(C)C)c(O)c1. The molecule has 0 amide bonds. The maximum Gasteiger partial charge on any atom is 0.311 e. The Morgan fingerprint density at radius 2 is 1.68 bits per heavy atom. The van der Waals surface area contributed by atoms with Gasteiger partial charge in [-0.25, -0.2) is 0 Å². The van der Waals surface area contributed by atoms with Crippen molar-refractivity contribution in [1.82, 2.24) is 0 Å². The van der Waals surface area contributed by atoms with Gasteiger partial charge in [-0.2, -0.15) is 0 Å². The van der Waals surface area contributed by atoms with Crippen molar-refractivity contribution in [2.24, 2.45) is 22.7 Å². The van der Waals surface area contributed by atoms with Crippen LogP contribution in [0, 0.1) is 22.7 Å². The standard InChI is InChI=1S/C30H46O4/c1-9-10-11-12-13-29(5,6)20-15-24(31)26(25(32)16-20)21-14-19(18-34-27(33)28(2,3)4)22-17-23(21)30(22,7)8/h14-16,21-23,31-32H,9-13,17-18H2,1-8H3/t21-,22+,23-/m1/s1. The van der Waals surface area contributed by atoms with E-state index in [-0.39, 0.29) is 40.8 Å². The minimum atomic E-state index is -0.540. The molecule has 0 radical (unpaired) electrons. The molecule has 0 aromatic heterocycles. The van der Waals surface area contributed by atoms with Crippen LogP contribution in [0.25, 0.3) is 0 Å². The minimum Gasteiger partial charge on any atom is -0.507 e. The van der Waals surface area contributed by atoms with Crippen LogP contribution in [-0.4, -0.2) is 22.8 Å². The van der Waals surface area contributed by atoms with Crippen molar-refractivity contribution in [3.63, 3.8) is 0 Å². The first kappa shape index (κ1) is 26.6. The van der Waals surface area contributed by atoms with Crippen molar-refractivity contribution < 1.29 is 19.7 Å². The summed E-state index contributed by atoms with van der Waals surface area (Å²) in [6.07, 6.45) is 8.96. The highest BCUT2D eigenvalue weighted by Crippen LogP contribution is 2.65. The van der Waals surface area contributed by atoms with Crippen molar-refractivity contribution in [1.29, 1.82) is 0 Å². The molecule has 0 spiro atoms. The van der Waals surface area contributed by atoms with Gasteiger partial charge in [-0.3, -0.25) is 4.79 Å². The number of carbonyl (C=O) groups is 1. The topological polar surface area (TPSA) is 66.8 Å². The Bertz CT molecular complexity index is 909. The number of aromatic hydroxyl groups is 2. The second-order valence-electron chi connectivity index (χ2n) is 12.9.